The molecule has 10 unspecified atom stereocenters. The van der Waals surface area contributed by atoms with E-state index in [1.807, 2.05) is 0 Å². The summed E-state index contributed by atoms with van der Waals surface area (Å²) in [6, 6.07) is 0. The molecule has 0 amide bonds. The average Bonchev–Trinajstić information content (AvgIpc) is 2.99. The quantitative estimate of drug-likeness (QED) is 0.427. The van der Waals surface area contributed by atoms with Crippen molar-refractivity contribution >= 4 is 5.78 Å². The molecule has 0 heterocycles. The summed E-state index contributed by atoms with van der Waals surface area (Å²) >= 11 is 0. The molecule has 0 radical (unpaired) electrons. The summed E-state index contributed by atoms with van der Waals surface area (Å²) in [5.74, 6) is -0.264. The smallest absolute Gasteiger partial charge is 0.159 e. The van der Waals surface area contributed by atoms with Gasteiger partial charge in [0.05, 0.1) is 29.5 Å². The van der Waals surface area contributed by atoms with Crippen LogP contribution in [0.1, 0.15) is 86.0 Å². The molecule has 4 aliphatic carbocycles. The minimum Gasteiger partial charge on any atom is -0.393 e. The van der Waals surface area contributed by atoms with Crippen LogP contribution >= 0.6 is 0 Å². The molecule has 3 saturated carbocycles. The van der Waals surface area contributed by atoms with Gasteiger partial charge in [0, 0.05) is 11.3 Å². The fraction of sp³-hybridized carbons (Fsp3) is 0.889. The van der Waals surface area contributed by atoms with Crippen LogP contribution in [0.15, 0.2) is 11.6 Å². The maximum absolute atomic E-state index is 13.2. The minimum absolute atomic E-state index is 0.00888. The Morgan fingerprint density at radius 2 is 1.79 bits per heavy atom. The molecule has 10 atom stereocenters. The molecule has 5 N–H and O–H groups in total. The van der Waals surface area contributed by atoms with E-state index in [0.29, 0.717) is 25.7 Å². The first kappa shape index (κ1) is 25.3. The van der Waals surface area contributed by atoms with Crippen LogP contribution in [0.4, 0.5) is 0 Å². The molecule has 0 aromatic heterocycles. The molecule has 0 bridgehead atoms. The van der Waals surface area contributed by atoms with E-state index in [4.69, 9.17) is 0 Å². The van der Waals surface area contributed by atoms with Gasteiger partial charge in [-0.25, -0.2) is 0 Å². The fourth-order valence-electron chi connectivity index (χ4n) is 8.29. The van der Waals surface area contributed by atoms with E-state index < -0.39 is 40.3 Å². The van der Waals surface area contributed by atoms with Crippen LogP contribution in [0.2, 0.25) is 0 Å². The van der Waals surface area contributed by atoms with Crippen LogP contribution < -0.4 is 0 Å². The largest absolute Gasteiger partial charge is 0.393 e. The number of aliphatic hydroxyl groups excluding tert-OH is 3. The third-order valence-corrected chi connectivity index (χ3v) is 10.5. The summed E-state index contributed by atoms with van der Waals surface area (Å²) in [4.78, 5) is 13.2. The number of rotatable bonds is 5. The third-order valence-electron chi connectivity index (χ3n) is 10.5. The van der Waals surface area contributed by atoms with Crippen LogP contribution in [0.25, 0.3) is 0 Å². The molecule has 33 heavy (non-hydrogen) atoms. The summed E-state index contributed by atoms with van der Waals surface area (Å²) in [5, 5.41) is 53.9. The van der Waals surface area contributed by atoms with E-state index in [9.17, 15) is 30.3 Å². The van der Waals surface area contributed by atoms with Crippen LogP contribution in [0.3, 0.4) is 0 Å². The molecule has 4 rings (SSSR count). The number of carbonyl (C=O) groups excluding carboxylic acids is 1. The van der Waals surface area contributed by atoms with Gasteiger partial charge in [0.15, 0.2) is 5.78 Å². The molecule has 6 nitrogen and oxygen atoms in total. The average molecular weight is 465 g/mol. The Morgan fingerprint density at radius 1 is 1.12 bits per heavy atom. The minimum atomic E-state index is -1.10. The van der Waals surface area contributed by atoms with Gasteiger partial charge in [0.25, 0.3) is 0 Å². The number of allylic oxidation sites excluding steroid dienone is 1. The van der Waals surface area contributed by atoms with Gasteiger partial charge in [0.1, 0.15) is 0 Å². The molecule has 0 saturated heterocycles. The van der Waals surface area contributed by atoms with Crippen molar-refractivity contribution in [3.63, 3.8) is 0 Å². The van der Waals surface area contributed by atoms with E-state index in [1.165, 1.54) is 0 Å². The molecule has 0 aromatic carbocycles. The van der Waals surface area contributed by atoms with Gasteiger partial charge in [0.2, 0.25) is 0 Å². The summed E-state index contributed by atoms with van der Waals surface area (Å²) in [6.45, 7) is 9.74. The van der Waals surface area contributed by atoms with Gasteiger partial charge in [-0.15, -0.1) is 0 Å². The topological polar surface area (TPSA) is 118 Å². The van der Waals surface area contributed by atoms with E-state index in [1.54, 1.807) is 19.9 Å². The van der Waals surface area contributed by atoms with E-state index in [0.717, 1.165) is 24.8 Å². The summed E-state index contributed by atoms with van der Waals surface area (Å²) in [6.07, 6.45) is 4.06. The molecular weight excluding hydrogens is 420 g/mol. The summed E-state index contributed by atoms with van der Waals surface area (Å²) in [5.41, 5.74) is -2.01. The lowest BCUT2D eigenvalue weighted by Gasteiger charge is -2.60. The van der Waals surface area contributed by atoms with Crippen molar-refractivity contribution in [1.82, 2.24) is 0 Å². The normalized spacial score (nSPS) is 47.3. The number of ketones is 1. The second-order valence-electron chi connectivity index (χ2n) is 12.9. The SMILES string of the molecule is CC(C(O)CCC(C)(C)O)C1CCC2(O)C3=CC(=O)C4CC(O)C(O)CC4(C)C3CCC12C. The standard InChI is InChI=1S/C27H44O6/c1-15(20(28)8-9-24(2,3)32)16-7-11-27(33)18-12-21(29)19-13-22(30)23(31)14-25(19,4)17(18)6-10-26(16,27)5/h12,15-17,19-20,22-23,28,30-33H,6-11,13-14H2,1-5H3. The second-order valence-corrected chi connectivity index (χ2v) is 12.9. The van der Waals surface area contributed by atoms with Crippen molar-refractivity contribution in [2.24, 2.45) is 34.5 Å². The molecule has 188 valence electrons. The number of carbonyl (C=O) groups is 1. The summed E-state index contributed by atoms with van der Waals surface area (Å²) < 4.78 is 0. The predicted molar refractivity (Wildman–Crippen MR) is 125 cm³/mol. The van der Waals surface area contributed by atoms with Crippen LogP contribution in [0, 0.1) is 34.5 Å². The van der Waals surface area contributed by atoms with Gasteiger partial charge in [-0.2, -0.15) is 0 Å². The van der Waals surface area contributed by atoms with Crippen LogP contribution in [-0.4, -0.2) is 60.8 Å². The highest BCUT2D eigenvalue weighted by Crippen LogP contribution is 2.68. The van der Waals surface area contributed by atoms with Gasteiger partial charge in [-0.1, -0.05) is 20.8 Å². The van der Waals surface area contributed by atoms with E-state index >= 15 is 0 Å². The lowest BCUT2D eigenvalue weighted by Crippen LogP contribution is -2.61. The Balaban J connectivity index is 1.62. The van der Waals surface area contributed by atoms with E-state index in [-0.39, 0.29) is 35.9 Å². The first-order chi connectivity index (χ1) is 15.1. The van der Waals surface area contributed by atoms with Gasteiger partial charge in [-0.3, -0.25) is 4.79 Å². The zero-order chi connectivity index (χ0) is 24.6. The first-order valence-corrected chi connectivity index (χ1v) is 12.9. The number of hydrogen-bond acceptors (Lipinski definition) is 6. The monoisotopic (exact) mass is 464 g/mol. The van der Waals surface area contributed by atoms with Gasteiger partial charge < -0.3 is 25.5 Å². The van der Waals surface area contributed by atoms with Gasteiger partial charge in [-0.05, 0) is 100 Å². The van der Waals surface area contributed by atoms with Crippen LogP contribution in [0.5, 0.6) is 0 Å². The Hall–Kier alpha value is -0.790. The molecule has 6 heteroatoms. The molecule has 0 spiro atoms. The lowest BCUT2D eigenvalue weighted by atomic mass is 9.46. The fourth-order valence-corrected chi connectivity index (χ4v) is 8.29. The van der Waals surface area contributed by atoms with Crippen LogP contribution in [-0.2, 0) is 4.79 Å². The number of fused-ring (bicyclic) bond motifs is 5. The molecule has 0 aromatic rings. The Kier molecular flexibility index (Phi) is 6.23. The maximum atomic E-state index is 13.2. The van der Waals surface area contributed by atoms with Gasteiger partial charge >= 0.3 is 0 Å². The highest BCUT2D eigenvalue weighted by Gasteiger charge is 2.67. The number of aliphatic hydroxyl groups is 5. The van der Waals surface area contributed by atoms with Crippen molar-refractivity contribution in [2.45, 2.75) is 115 Å². The third kappa shape index (κ3) is 3.85. The molecule has 3 fully saturated rings. The first-order valence-electron chi connectivity index (χ1n) is 12.9. The highest BCUT2D eigenvalue weighted by molar-refractivity contribution is 5.95. The Labute approximate surface area is 198 Å². The lowest BCUT2D eigenvalue weighted by molar-refractivity contribution is -0.154. The molecular formula is C27H44O6. The zero-order valence-corrected chi connectivity index (χ0v) is 20.9. The summed E-state index contributed by atoms with van der Waals surface area (Å²) in [7, 11) is 0. The van der Waals surface area contributed by atoms with E-state index in [2.05, 4.69) is 20.8 Å². The molecule has 4 aliphatic rings. The van der Waals surface area contributed by atoms with Crippen molar-refractivity contribution in [2.75, 3.05) is 0 Å². The zero-order valence-electron chi connectivity index (χ0n) is 20.9. The van der Waals surface area contributed by atoms with Crippen molar-refractivity contribution < 1.29 is 30.3 Å². The Morgan fingerprint density at radius 3 is 2.42 bits per heavy atom. The Bertz CT molecular complexity index is 816. The van der Waals surface area contributed by atoms with Crippen molar-refractivity contribution in [3.8, 4) is 0 Å². The van der Waals surface area contributed by atoms with Crippen molar-refractivity contribution in [3.05, 3.63) is 11.6 Å². The van der Waals surface area contributed by atoms with Crippen molar-refractivity contribution in [1.29, 1.82) is 0 Å². The highest BCUT2D eigenvalue weighted by atomic mass is 16.3. The maximum Gasteiger partial charge on any atom is 0.159 e. The number of hydrogen-bond donors (Lipinski definition) is 5. The molecule has 0 aliphatic heterocycles. The predicted octanol–water partition coefficient (Wildman–Crippen LogP) is 2.74. The second kappa shape index (κ2) is 8.12.